The molecule has 0 saturated heterocycles. The summed E-state index contributed by atoms with van der Waals surface area (Å²) in [6.45, 7) is -1.64. The van der Waals surface area contributed by atoms with Crippen LogP contribution in [0.1, 0.15) is 16.0 Å². The number of carboxylic acid groups (broad SMARTS) is 2. The molecule has 0 aliphatic heterocycles. The molecular weight excluding hydrogens is 124 g/mol. The average Bonchev–Trinajstić information content (AvgIpc) is 1.81. The Morgan fingerprint density at radius 3 is 2.33 bits per heavy atom. The van der Waals surface area contributed by atoms with Crippen molar-refractivity contribution in [2.75, 3.05) is 0 Å². The molecular formula is C5H8O4. The molecule has 0 rings (SSSR count). The van der Waals surface area contributed by atoms with Crippen LogP contribution in [0, 0.1) is 5.92 Å². The van der Waals surface area contributed by atoms with Crippen LogP contribution in [-0.4, -0.2) is 22.2 Å². The Bertz CT molecular complexity index is 168. The second kappa shape index (κ2) is 3.06. The molecule has 0 spiro atoms. The topological polar surface area (TPSA) is 74.6 Å². The molecule has 0 radical (unpaired) electrons. The number of carbonyl (C=O) groups is 2. The second-order valence-electron chi connectivity index (χ2n) is 1.54. The van der Waals surface area contributed by atoms with E-state index in [2.05, 4.69) is 0 Å². The molecule has 4 heteroatoms. The summed E-state index contributed by atoms with van der Waals surface area (Å²) in [6, 6.07) is 0. The average molecular weight is 134 g/mol. The first-order valence-electron chi connectivity index (χ1n) is 3.39. The third-order valence-corrected chi connectivity index (χ3v) is 0.712. The summed E-state index contributed by atoms with van der Waals surface area (Å²) < 4.78 is 13.4. The van der Waals surface area contributed by atoms with Gasteiger partial charge in [-0.15, -0.1) is 0 Å². The fraction of sp³-hybridized carbons (Fsp3) is 0.600. The highest BCUT2D eigenvalue weighted by atomic mass is 16.4. The molecule has 0 bridgehead atoms. The molecule has 0 saturated carbocycles. The zero-order valence-electron chi connectivity index (χ0n) is 6.57. The maximum absolute atomic E-state index is 10.2. The molecule has 4 nitrogen and oxygen atoms in total. The summed E-state index contributed by atoms with van der Waals surface area (Å²) in [5, 5.41) is 16.4. The van der Waals surface area contributed by atoms with E-state index in [1.807, 2.05) is 0 Å². The van der Waals surface area contributed by atoms with Crippen LogP contribution in [0.25, 0.3) is 0 Å². The molecule has 0 unspecified atom stereocenters. The van der Waals surface area contributed by atoms with Crippen LogP contribution in [0.15, 0.2) is 0 Å². The molecule has 0 aliphatic carbocycles. The van der Waals surface area contributed by atoms with Gasteiger partial charge in [0.1, 0.15) is 0 Å². The molecule has 1 atom stereocenters. The third-order valence-electron chi connectivity index (χ3n) is 0.712. The van der Waals surface area contributed by atoms with Gasteiger partial charge in [-0.2, -0.15) is 0 Å². The van der Waals surface area contributed by atoms with Crippen molar-refractivity contribution in [1.82, 2.24) is 0 Å². The van der Waals surface area contributed by atoms with Gasteiger partial charge in [0.2, 0.25) is 0 Å². The number of hydrogen-bond acceptors (Lipinski definition) is 2. The van der Waals surface area contributed by atoms with Gasteiger partial charge in [0.15, 0.2) is 0 Å². The van der Waals surface area contributed by atoms with Crippen molar-refractivity contribution >= 4 is 11.9 Å². The van der Waals surface area contributed by atoms with E-state index in [0.29, 0.717) is 0 Å². The van der Waals surface area contributed by atoms with Gasteiger partial charge in [-0.1, -0.05) is 6.88 Å². The van der Waals surface area contributed by atoms with Crippen molar-refractivity contribution in [3.8, 4) is 0 Å². The van der Waals surface area contributed by atoms with Crippen molar-refractivity contribution in [3.63, 3.8) is 0 Å². The fourth-order valence-electron chi connectivity index (χ4n) is 0.275. The molecule has 2 N–H and O–H groups in total. The summed E-state index contributed by atoms with van der Waals surface area (Å²) in [4.78, 5) is 20.2. The van der Waals surface area contributed by atoms with Gasteiger partial charge in [-0.05, 0) is 0 Å². The lowest BCUT2D eigenvalue weighted by molar-refractivity contribution is -0.147. The lowest BCUT2D eigenvalue weighted by Gasteiger charge is -1.98. The van der Waals surface area contributed by atoms with Crippen LogP contribution in [-0.2, 0) is 9.59 Å². The molecule has 52 valence electrons. The summed E-state index contributed by atoms with van der Waals surface area (Å²) in [7, 11) is 0. The Balaban J connectivity index is 4.12. The Morgan fingerprint density at radius 1 is 1.67 bits per heavy atom. The van der Waals surface area contributed by atoms with Gasteiger partial charge in [0.25, 0.3) is 0 Å². The predicted octanol–water partition coefficient (Wildman–Crippen LogP) is 0.182. The van der Waals surface area contributed by atoms with E-state index < -0.39 is 31.2 Å². The Kier molecular flexibility index (Phi) is 1.63. The molecule has 0 aromatic heterocycles. The van der Waals surface area contributed by atoms with E-state index in [0.717, 1.165) is 0 Å². The van der Waals surface area contributed by atoms with Crippen molar-refractivity contribution in [2.24, 2.45) is 5.92 Å². The number of rotatable bonds is 3. The molecule has 0 aromatic rings. The lowest BCUT2D eigenvalue weighted by Crippen LogP contribution is -2.13. The van der Waals surface area contributed by atoms with E-state index in [-0.39, 0.29) is 0 Å². The Labute approximate surface area is 54.9 Å². The van der Waals surface area contributed by atoms with Crippen LogP contribution in [0.4, 0.5) is 0 Å². The predicted molar refractivity (Wildman–Crippen MR) is 29.1 cm³/mol. The van der Waals surface area contributed by atoms with Crippen LogP contribution in [0.2, 0.25) is 0 Å². The summed E-state index contributed by atoms with van der Waals surface area (Å²) in [6.07, 6.45) is -0.674. The number of aliphatic carboxylic acids is 2. The van der Waals surface area contributed by atoms with Gasteiger partial charge in [0.05, 0.1) is 12.3 Å². The normalized spacial score (nSPS) is 16.1. The molecule has 9 heavy (non-hydrogen) atoms. The monoisotopic (exact) mass is 134 g/mol. The zero-order chi connectivity index (χ0) is 9.02. The smallest absolute Gasteiger partial charge is 0.306 e. The standard InChI is InChI=1S/C5H8O4/c1-3(5(8)9)2-4(6)7/h3H,2H2,1H3,(H,6,7)(H,8,9)/t3-/m0/s1/i1D2. The van der Waals surface area contributed by atoms with Crippen LogP contribution in [0.3, 0.4) is 0 Å². The largest absolute Gasteiger partial charge is 0.481 e. The van der Waals surface area contributed by atoms with E-state index in [4.69, 9.17) is 13.0 Å². The van der Waals surface area contributed by atoms with E-state index in [9.17, 15) is 9.59 Å². The maximum atomic E-state index is 10.2. The lowest BCUT2D eigenvalue weighted by atomic mass is 10.1. The third kappa shape index (κ3) is 3.52. The second-order valence-corrected chi connectivity index (χ2v) is 1.54. The first-order chi connectivity index (χ1) is 4.95. The van der Waals surface area contributed by atoms with Gasteiger partial charge in [0, 0.05) is 2.74 Å². The SMILES string of the molecule is [2H]C([2H])[C@@H](CC(=O)O)C(=O)O. The summed E-state index contributed by atoms with van der Waals surface area (Å²) in [5.41, 5.74) is 0. The first kappa shape index (κ1) is 4.78. The maximum Gasteiger partial charge on any atom is 0.306 e. The van der Waals surface area contributed by atoms with E-state index in [1.165, 1.54) is 0 Å². The van der Waals surface area contributed by atoms with Crippen LogP contribution in [0.5, 0.6) is 0 Å². The molecule has 0 aromatic carbocycles. The zero-order valence-corrected chi connectivity index (χ0v) is 4.57. The van der Waals surface area contributed by atoms with Crippen LogP contribution < -0.4 is 0 Å². The molecule has 0 fully saturated rings. The number of carboxylic acids is 2. The van der Waals surface area contributed by atoms with E-state index >= 15 is 0 Å². The highest BCUT2D eigenvalue weighted by Crippen LogP contribution is 1.99. The minimum Gasteiger partial charge on any atom is -0.481 e. The highest BCUT2D eigenvalue weighted by molar-refractivity contribution is 5.77. The summed E-state index contributed by atoms with van der Waals surface area (Å²) >= 11 is 0. The first-order valence-corrected chi connectivity index (χ1v) is 2.24. The fourth-order valence-corrected chi connectivity index (χ4v) is 0.275. The van der Waals surface area contributed by atoms with Crippen molar-refractivity contribution in [3.05, 3.63) is 0 Å². The Hall–Kier alpha value is -1.06. The van der Waals surface area contributed by atoms with Crippen molar-refractivity contribution in [1.29, 1.82) is 0 Å². The van der Waals surface area contributed by atoms with E-state index in [1.54, 1.807) is 0 Å². The number of hydrogen-bond donors (Lipinski definition) is 2. The van der Waals surface area contributed by atoms with Crippen molar-refractivity contribution < 1.29 is 22.5 Å². The van der Waals surface area contributed by atoms with Crippen molar-refractivity contribution in [2.45, 2.75) is 13.3 Å². The van der Waals surface area contributed by atoms with Gasteiger partial charge >= 0.3 is 11.9 Å². The van der Waals surface area contributed by atoms with Gasteiger partial charge < -0.3 is 10.2 Å². The molecule has 0 amide bonds. The van der Waals surface area contributed by atoms with Gasteiger partial charge in [-0.25, -0.2) is 0 Å². The summed E-state index contributed by atoms with van der Waals surface area (Å²) in [5.74, 6) is -4.16. The van der Waals surface area contributed by atoms with Gasteiger partial charge in [-0.3, -0.25) is 9.59 Å². The minimum atomic E-state index is -1.64. The Morgan fingerprint density at radius 2 is 2.22 bits per heavy atom. The quantitative estimate of drug-likeness (QED) is 0.577. The minimum absolute atomic E-state index is 0.674. The molecule has 0 aliphatic rings. The van der Waals surface area contributed by atoms with Crippen LogP contribution >= 0.6 is 0 Å². The highest BCUT2D eigenvalue weighted by Gasteiger charge is 2.13. The molecule has 0 heterocycles.